The van der Waals surface area contributed by atoms with Crippen LogP contribution in [0.25, 0.3) is 11.6 Å². The lowest BCUT2D eigenvalue weighted by Gasteiger charge is -2.36. The van der Waals surface area contributed by atoms with Crippen molar-refractivity contribution in [1.29, 1.82) is 0 Å². The summed E-state index contributed by atoms with van der Waals surface area (Å²) < 4.78 is 5.53. The Balaban J connectivity index is 2.31. The van der Waals surface area contributed by atoms with Gasteiger partial charge in [0.2, 0.25) is 0 Å². The molecule has 1 heterocycles. The summed E-state index contributed by atoms with van der Waals surface area (Å²) in [6.45, 7) is 20.3. The maximum atomic E-state index is 11.4. The van der Waals surface area contributed by atoms with E-state index in [2.05, 4.69) is 44.6 Å². The molecule has 0 bridgehead atoms. The first-order valence-electron chi connectivity index (χ1n) is 10.7. The molecule has 0 spiro atoms. The van der Waals surface area contributed by atoms with Gasteiger partial charge in [0.05, 0.1) is 13.2 Å². The van der Waals surface area contributed by atoms with E-state index in [1.165, 1.54) is 0 Å². The normalized spacial score (nSPS) is 19.3. The Hall–Kier alpha value is -2.82. The van der Waals surface area contributed by atoms with E-state index in [1.54, 1.807) is 6.08 Å². The van der Waals surface area contributed by atoms with Crippen LogP contribution in [-0.2, 0) is 4.74 Å². The number of ether oxygens (including phenoxy) is 1. The van der Waals surface area contributed by atoms with Gasteiger partial charge in [0, 0.05) is 24.4 Å². The van der Waals surface area contributed by atoms with Gasteiger partial charge in [-0.3, -0.25) is 14.7 Å². The van der Waals surface area contributed by atoms with E-state index >= 15 is 0 Å². The van der Waals surface area contributed by atoms with Crippen molar-refractivity contribution in [3.63, 3.8) is 0 Å². The highest BCUT2D eigenvalue weighted by atomic mass is 16.5. The summed E-state index contributed by atoms with van der Waals surface area (Å²) in [6, 6.07) is 6.16. The molecule has 164 valence electrons. The number of benzene rings is 1. The van der Waals surface area contributed by atoms with Gasteiger partial charge in [0.25, 0.3) is 0 Å². The molecule has 1 unspecified atom stereocenters. The molecule has 2 atom stereocenters. The lowest BCUT2D eigenvalue weighted by molar-refractivity contribution is -0.0113. The van der Waals surface area contributed by atoms with Gasteiger partial charge in [-0.15, -0.1) is 0 Å². The number of aliphatic imine (C=N–C) groups is 1. The maximum Gasteiger partial charge on any atom is 0.150 e. The third-order valence-corrected chi connectivity index (χ3v) is 5.48. The fraction of sp³-hybridized carbons (Fsp3) is 0.333. The van der Waals surface area contributed by atoms with Crippen molar-refractivity contribution in [1.82, 2.24) is 4.90 Å². The van der Waals surface area contributed by atoms with Crippen molar-refractivity contribution in [2.24, 2.45) is 4.99 Å². The first-order valence-corrected chi connectivity index (χ1v) is 10.7. The number of rotatable bonds is 10. The van der Waals surface area contributed by atoms with E-state index in [0.717, 1.165) is 47.1 Å². The van der Waals surface area contributed by atoms with Crippen LogP contribution in [0.2, 0.25) is 0 Å². The van der Waals surface area contributed by atoms with E-state index in [1.807, 2.05) is 43.5 Å². The molecule has 0 saturated carbocycles. The summed E-state index contributed by atoms with van der Waals surface area (Å²) in [6.07, 6.45) is 11.2. The molecular formula is C27H34N2O2. The van der Waals surface area contributed by atoms with Gasteiger partial charge in [-0.2, -0.15) is 0 Å². The molecule has 1 aliphatic heterocycles. The molecule has 4 heteroatoms. The monoisotopic (exact) mass is 418 g/mol. The SMILES string of the molecule is C=Cc1ccc(/C(=C/C=C(/C=N\C(C=C)N2CCOC[C@@H]2C)C(=C)C)CC)cc1C=O. The fourth-order valence-corrected chi connectivity index (χ4v) is 3.54. The number of morpholine rings is 1. The van der Waals surface area contributed by atoms with Crippen molar-refractivity contribution >= 4 is 24.1 Å². The van der Waals surface area contributed by atoms with Crippen LogP contribution in [0.5, 0.6) is 0 Å². The van der Waals surface area contributed by atoms with Crippen LogP contribution >= 0.6 is 0 Å². The summed E-state index contributed by atoms with van der Waals surface area (Å²) in [5.41, 5.74) is 5.53. The van der Waals surface area contributed by atoms with Crippen molar-refractivity contribution < 1.29 is 9.53 Å². The van der Waals surface area contributed by atoms with Gasteiger partial charge in [-0.05, 0) is 54.2 Å². The maximum absolute atomic E-state index is 11.4. The Labute approximate surface area is 187 Å². The lowest BCUT2D eigenvalue weighted by Crippen LogP contribution is -2.48. The van der Waals surface area contributed by atoms with Gasteiger partial charge in [0.1, 0.15) is 6.17 Å². The van der Waals surface area contributed by atoms with Gasteiger partial charge >= 0.3 is 0 Å². The predicted octanol–water partition coefficient (Wildman–Crippen LogP) is 5.74. The highest BCUT2D eigenvalue weighted by Gasteiger charge is 2.23. The number of allylic oxidation sites excluding steroid dienone is 5. The Morgan fingerprint density at radius 1 is 1.32 bits per heavy atom. The third kappa shape index (κ3) is 6.58. The number of aldehydes is 1. The molecular weight excluding hydrogens is 384 g/mol. The molecule has 0 aliphatic carbocycles. The first-order chi connectivity index (χ1) is 14.9. The highest BCUT2D eigenvalue weighted by molar-refractivity contribution is 5.86. The van der Waals surface area contributed by atoms with Crippen molar-refractivity contribution in [2.45, 2.75) is 39.4 Å². The number of hydrogen-bond acceptors (Lipinski definition) is 4. The molecule has 1 saturated heterocycles. The molecule has 1 aromatic carbocycles. The number of hydrogen-bond donors (Lipinski definition) is 0. The molecule has 0 aromatic heterocycles. The molecule has 2 rings (SSSR count). The number of carbonyl (C=O) groups excluding carboxylic acids is 1. The van der Waals surface area contributed by atoms with Crippen LogP contribution in [0.1, 0.15) is 48.7 Å². The molecule has 31 heavy (non-hydrogen) atoms. The lowest BCUT2D eigenvalue weighted by atomic mass is 9.97. The Morgan fingerprint density at radius 2 is 2.10 bits per heavy atom. The molecule has 0 radical (unpaired) electrons. The average molecular weight is 419 g/mol. The minimum atomic E-state index is -0.0992. The first kappa shape index (κ1) is 24.4. The summed E-state index contributed by atoms with van der Waals surface area (Å²) in [4.78, 5) is 18.5. The van der Waals surface area contributed by atoms with E-state index in [9.17, 15) is 4.79 Å². The number of carbonyl (C=O) groups is 1. The fourth-order valence-electron chi connectivity index (χ4n) is 3.54. The smallest absolute Gasteiger partial charge is 0.150 e. The van der Waals surface area contributed by atoms with Crippen LogP contribution in [0, 0.1) is 0 Å². The van der Waals surface area contributed by atoms with E-state index in [0.29, 0.717) is 24.8 Å². The second-order valence-corrected chi connectivity index (χ2v) is 7.70. The topological polar surface area (TPSA) is 41.9 Å². The number of nitrogens with zero attached hydrogens (tertiary/aromatic N) is 2. The molecule has 0 N–H and O–H groups in total. The van der Waals surface area contributed by atoms with Crippen molar-refractivity contribution in [2.75, 3.05) is 19.8 Å². The molecule has 1 fully saturated rings. The summed E-state index contributed by atoms with van der Waals surface area (Å²) >= 11 is 0. The quantitative estimate of drug-likeness (QED) is 0.210. The molecule has 0 amide bonds. The minimum absolute atomic E-state index is 0.0992. The van der Waals surface area contributed by atoms with E-state index in [-0.39, 0.29) is 6.17 Å². The standard InChI is InChI=1S/C27H34N2O2/c1-7-22(24-12-10-23(8-2)26(16-24)18-30)11-13-25(20(4)5)17-28-27(9-3)29-14-15-31-19-21(29)6/h8-13,16-18,21,27H,2-4,7,14-15,19H2,1,5-6H3/b22-11+,25-13-,28-17-/t21-,27?/m0/s1. The Bertz CT molecular complexity index is 908. The third-order valence-electron chi connectivity index (χ3n) is 5.48. The van der Waals surface area contributed by atoms with Crippen LogP contribution in [0.4, 0.5) is 0 Å². The zero-order chi connectivity index (χ0) is 22.8. The predicted molar refractivity (Wildman–Crippen MR) is 133 cm³/mol. The molecule has 1 aromatic rings. The van der Waals surface area contributed by atoms with Gasteiger partial charge < -0.3 is 4.74 Å². The van der Waals surface area contributed by atoms with Crippen LogP contribution in [0.15, 0.2) is 72.3 Å². The zero-order valence-corrected chi connectivity index (χ0v) is 19.0. The average Bonchev–Trinajstić information content (AvgIpc) is 2.78. The van der Waals surface area contributed by atoms with Crippen molar-refractivity contribution in [3.05, 3.63) is 84.0 Å². The molecule has 4 nitrogen and oxygen atoms in total. The van der Waals surface area contributed by atoms with E-state index in [4.69, 9.17) is 9.73 Å². The second-order valence-electron chi connectivity index (χ2n) is 7.70. The van der Waals surface area contributed by atoms with Crippen LogP contribution in [-0.4, -0.2) is 49.4 Å². The Kier molecular flexibility index (Phi) is 9.57. The minimum Gasteiger partial charge on any atom is -0.379 e. The second kappa shape index (κ2) is 12.1. The largest absolute Gasteiger partial charge is 0.379 e. The van der Waals surface area contributed by atoms with E-state index < -0.39 is 0 Å². The van der Waals surface area contributed by atoms with Gasteiger partial charge in [0.15, 0.2) is 6.29 Å². The Morgan fingerprint density at radius 3 is 2.68 bits per heavy atom. The van der Waals surface area contributed by atoms with Gasteiger partial charge in [-0.1, -0.05) is 63.1 Å². The summed E-state index contributed by atoms with van der Waals surface area (Å²) in [5, 5.41) is 0. The summed E-state index contributed by atoms with van der Waals surface area (Å²) in [7, 11) is 0. The van der Waals surface area contributed by atoms with Crippen LogP contribution < -0.4 is 0 Å². The van der Waals surface area contributed by atoms with Crippen molar-refractivity contribution in [3.8, 4) is 0 Å². The van der Waals surface area contributed by atoms with Crippen LogP contribution in [0.3, 0.4) is 0 Å². The highest BCUT2D eigenvalue weighted by Crippen LogP contribution is 2.22. The molecule has 1 aliphatic rings. The zero-order valence-electron chi connectivity index (χ0n) is 19.0. The summed E-state index contributed by atoms with van der Waals surface area (Å²) in [5.74, 6) is 0. The van der Waals surface area contributed by atoms with Gasteiger partial charge in [-0.25, -0.2) is 0 Å².